The maximum absolute atomic E-state index is 4.46. The van der Waals surface area contributed by atoms with Crippen LogP contribution < -0.4 is 10.4 Å². The molecule has 0 heteroatoms. The normalized spacial score (nSPS) is 15.4. The van der Waals surface area contributed by atoms with Crippen LogP contribution in [0.1, 0.15) is 70.2 Å². The van der Waals surface area contributed by atoms with Gasteiger partial charge in [-0.2, -0.15) is 0 Å². The molecule has 4 rings (SSSR count). The lowest BCUT2D eigenvalue weighted by atomic mass is 9.78. The number of hydrogen-bond donors (Lipinski definition) is 0. The summed E-state index contributed by atoms with van der Waals surface area (Å²) in [5, 5.41) is 2.54. The maximum Gasteiger partial charge on any atom is -0.00881 e. The molecule has 2 aliphatic carbocycles. The first-order chi connectivity index (χ1) is 12.6. The Morgan fingerprint density at radius 3 is 2.22 bits per heavy atom. The van der Waals surface area contributed by atoms with Crippen LogP contribution in [0.15, 0.2) is 42.5 Å². The Morgan fingerprint density at radius 1 is 0.889 bits per heavy atom. The van der Waals surface area contributed by atoms with Gasteiger partial charge in [0.1, 0.15) is 0 Å². The molecule has 0 atom stereocenters. The highest BCUT2D eigenvalue weighted by Gasteiger charge is 2.26. The van der Waals surface area contributed by atoms with Crippen LogP contribution in [0.4, 0.5) is 0 Å². The van der Waals surface area contributed by atoms with Gasteiger partial charge in [-0.1, -0.05) is 84.5 Å². The zero-order chi connectivity index (χ0) is 19.6. The van der Waals surface area contributed by atoms with Gasteiger partial charge in [0.15, 0.2) is 0 Å². The third-order valence-electron chi connectivity index (χ3n) is 5.80. The first kappa shape index (κ1) is 18.0. The second-order valence-corrected chi connectivity index (χ2v) is 10.0. The molecule has 0 nitrogen and oxygen atoms in total. The molecule has 0 aromatic heterocycles. The fourth-order valence-electron chi connectivity index (χ4n) is 4.50. The van der Waals surface area contributed by atoms with Gasteiger partial charge in [0.05, 0.1) is 0 Å². The Labute approximate surface area is 163 Å². The summed E-state index contributed by atoms with van der Waals surface area (Å²) in [5.74, 6) is 0. The van der Waals surface area contributed by atoms with Crippen molar-refractivity contribution in [3.8, 4) is 11.1 Å². The van der Waals surface area contributed by atoms with Crippen molar-refractivity contribution in [3.05, 3.63) is 75.2 Å². The molecule has 2 aliphatic rings. The van der Waals surface area contributed by atoms with Crippen LogP contribution in [-0.2, 0) is 10.8 Å². The Balaban J connectivity index is 2.05. The van der Waals surface area contributed by atoms with E-state index in [4.69, 9.17) is 0 Å². The predicted octanol–water partition coefficient (Wildman–Crippen LogP) is 5.84. The topological polar surface area (TPSA) is 0 Å². The van der Waals surface area contributed by atoms with E-state index in [0.717, 1.165) is 11.6 Å². The molecule has 0 aliphatic heterocycles. The van der Waals surface area contributed by atoms with E-state index < -0.39 is 0 Å². The van der Waals surface area contributed by atoms with E-state index in [2.05, 4.69) is 96.7 Å². The zero-order valence-electron chi connectivity index (χ0n) is 17.5. The van der Waals surface area contributed by atoms with Crippen molar-refractivity contribution in [2.24, 2.45) is 0 Å². The molecule has 0 spiro atoms. The first-order valence-electron chi connectivity index (χ1n) is 9.96. The number of benzene rings is 2. The van der Waals surface area contributed by atoms with E-state index >= 15 is 0 Å². The highest BCUT2D eigenvalue weighted by molar-refractivity contribution is 5.89. The number of rotatable bonds is 1. The van der Waals surface area contributed by atoms with Crippen molar-refractivity contribution in [1.82, 2.24) is 0 Å². The Morgan fingerprint density at radius 2 is 1.63 bits per heavy atom. The van der Waals surface area contributed by atoms with Gasteiger partial charge in [-0.05, 0) is 78.8 Å². The smallest absolute Gasteiger partial charge is 0.00881 e. The van der Waals surface area contributed by atoms with Crippen molar-refractivity contribution in [1.29, 1.82) is 0 Å². The van der Waals surface area contributed by atoms with Crippen molar-refractivity contribution < 1.29 is 0 Å². The Hall–Kier alpha value is -2.34. The molecule has 0 unspecified atom stereocenters. The number of allylic oxidation sites excluding steroid dienone is 4. The quantitative estimate of drug-likeness (QED) is 0.514. The summed E-state index contributed by atoms with van der Waals surface area (Å²) in [6.45, 7) is 18.2. The Kier molecular flexibility index (Phi) is 3.89. The summed E-state index contributed by atoms with van der Waals surface area (Å²) in [4.78, 5) is 0. The predicted molar refractivity (Wildman–Crippen MR) is 119 cm³/mol. The lowest BCUT2D eigenvalue weighted by Crippen LogP contribution is -2.30. The van der Waals surface area contributed by atoms with Crippen LogP contribution in [0.25, 0.3) is 29.4 Å². The van der Waals surface area contributed by atoms with E-state index in [1.165, 1.54) is 44.2 Å². The van der Waals surface area contributed by atoms with Gasteiger partial charge in [-0.25, -0.2) is 0 Å². The minimum atomic E-state index is 0.0596. The molecule has 2 aromatic rings. The zero-order valence-corrected chi connectivity index (χ0v) is 17.5. The van der Waals surface area contributed by atoms with E-state index in [1.54, 1.807) is 0 Å². The summed E-state index contributed by atoms with van der Waals surface area (Å²) < 4.78 is 0. The van der Waals surface area contributed by atoms with Crippen molar-refractivity contribution in [2.75, 3.05) is 0 Å². The van der Waals surface area contributed by atoms with Crippen LogP contribution in [0.5, 0.6) is 0 Å². The molecule has 27 heavy (non-hydrogen) atoms. The van der Waals surface area contributed by atoms with Gasteiger partial charge in [-0.3, -0.25) is 0 Å². The molecule has 0 amide bonds. The van der Waals surface area contributed by atoms with Gasteiger partial charge < -0.3 is 0 Å². The summed E-state index contributed by atoms with van der Waals surface area (Å²) >= 11 is 0. The minimum absolute atomic E-state index is 0.0596. The maximum atomic E-state index is 4.46. The number of fused-ring (bicyclic) bond motifs is 3. The van der Waals surface area contributed by atoms with Gasteiger partial charge >= 0.3 is 0 Å². The molecule has 0 saturated heterocycles. The highest BCUT2D eigenvalue weighted by atomic mass is 14.3. The fraction of sp³-hybridized carbons (Fsp3) is 0.333. The average molecular weight is 355 g/mol. The van der Waals surface area contributed by atoms with Crippen LogP contribution in [-0.4, -0.2) is 0 Å². The third-order valence-corrected chi connectivity index (χ3v) is 5.80. The highest BCUT2D eigenvalue weighted by Crippen LogP contribution is 2.36. The van der Waals surface area contributed by atoms with Crippen molar-refractivity contribution >= 4 is 18.2 Å². The molecule has 2 aromatic carbocycles. The SMILES string of the molecule is C=c1cc2c(c(C3=CC=CC3)c1C(C)(C)C)=Cc1cc(C(C)(C)C)ccc1-2. The standard InChI is InChI=1S/C27H30/c1-17-14-22-21-13-12-20(26(2,3)4)15-19(21)16-23(22)24(18-10-8-9-11-18)25(17)27(5,6)7/h8-10,12-16H,1,11H2,2-7H3. The van der Waals surface area contributed by atoms with Gasteiger partial charge in [0.25, 0.3) is 0 Å². The molecule has 0 N–H and O–H groups in total. The van der Waals surface area contributed by atoms with E-state index in [1.807, 2.05) is 0 Å². The molecule has 0 saturated carbocycles. The fourth-order valence-corrected chi connectivity index (χ4v) is 4.50. The second-order valence-electron chi connectivity index (χ2n) is 10.0. The molecule has 0 heterocycles. The van der Waals surface area contributed by atoms with Gasteiger partial charge in [-0.15, -0.1) is 0 Å². The third kappa shape index (κ3) is 2.92. The molecular weight excluding hydrogens is 324 g/mol. The van der Waals surface area contributed by atoms with Crippen LogP contribution >= 0.6 is 0 Å². The second kappa shape index (κ2) is 5.83. The summed E-state index contributed by atoms with van der Waals surface area (Å²) in [6, 6.07) is 9.28. The van der Waals surface area contributed by atoms with Crippen LogP contribution in [0.3, 0.4) is 0 Å². The molecule has 0 radical (unpaired) electrons. The van der Waals surface area contributed by atoms with Crippen molar-refractivity contribution in [3.63, 3.8) is 0 Å². The van der Waals surface area contributed by atoms with Crippen LogP contribution in [0, 0.1) is 0 Å². The van der Waals surface area contributed by atoms with E-state index in [0.29, 0.717) is 0 Å². The molecule has 138 valence electrons. The lowest BCUT2D eigenvalue weighted by Gasteiger charge is -2.25. The monoisotopic (exact) mass is 354 g/mol. The average Bonchev–Trinajstić information content (AvgIpc) is 3.18. The van der Waals surface area contributed by atoms with Gasteiger partial charge in [0, 0.05) is 0 Å². The van der Waals surface area contributed by atoms with E-state index in [-0.39, 0.29) is 10.8 Å². The Bertz CT molecular complexity index is 1110. The summed E-state index contributed by atoms with van der Waals surface area (Å²) in [6.07, 6.45) is 10.1. The molecule has 0 fully saturated rings. The summed E-state index contributed by atoms with van der Waals surface area (Å²) in [5.41, 5.74) is 9.84. The van der Waals surface area contributed by atoms with E-state index in [9.17, 15) is 0 Å². The first-order valence-corrected chi connectivity index (χ1v) is 9.96. The van der Waals surface area contributed by atoms with Gasteiger partial charge in [0.2, 0.25) is 0 Å². The molecule has 0 bridgehead atoms. The number of hydrogen-bond acceptors (Lipinski definition) is 0. The lowest BCUT2D eigenvalue weighted by molar-refractivity contribution is 0.584. The largest absolute Gasteiger partial charge is 0.0914 e. The molecular formula is C27H30. The van der Waals surface area contributed by atoms with Crippen molar-refractivity contribution in [2.45, 2.75) is 58.8 Å². The minimum Gasteiger partial charge on any atom is -0.0914 e. The summed E-state index contributed by atoms with van der Waals surface area (Å²) in [7, 11) is 0. The van der Waals surface area contributed by atoms with Crippen LogP contribution in [0.2, 0.25) is 0 Å².